The average molecular weight is 269 g/mol. The van der Waals surface area contributed by atoms with Gasteiger partial charge in [0.15, 0.2) is 0 Å². The van der Waals surface area contributed by atoms with Gasteiger partial charge in [-0.25, -0.2) is 0 Å². The minimum atomic E-state index is -0.0117. The van der Waals surface area contributed by atoms with Crippen LogP contribution in [-0.2, 0) is 4.79 Å². The summed E-state index contributed by atoms with van der Waals surface area (Å²) in [5, 5.41) is 5.70. The van der Waals surface area contributed by atoms with E-state index in [1.165, 1.54) is 14.2 Å². The van der Waals surface area contributed by atoms with E-state index in [2.05, 4.69) is 25.6 Å². The molecule has 1 amide bonds. The highest BCUT2D eigenvalue weighted by Crippen LogP contribution is 2.11. The molecule has 0 aliphatic rings. The number of rotatable bonds is 8. The molecule has 8 heteroatoms. The summed E-state index contributed by atoms with van der Waals surface area (Å²) in [5.74, 6) is 0.300. The van der Waals surface area contributed by atoms with E-state index >= 15 is 0 Å². The zero-order valence-electron chi connectivity index (χ0n) is 11.4. The van der Waals surface area contributed by atoms with Crippen LogP contribution in [0.2, 0.25) is 0 Å². The SMILES string of the molecule is CCCNC(=O)CCNc1nc(OC)nc(OC)n1. The van der Waals surface area contributed by atoms with Crippen LogP contribution >= 0.6 is 0 Å². The molecule has 0 fully saturated rings. The van der Waals surface area contributed by atoms with Crippen molar-refractivity contribution in [1.82, 2.24) is 20.3 Å². The van der Waals surface area contributed by atoms with Crippen LogP contribution in [0.15, 0.2) is 0 Å². The van der Waals surface area contributed by atoms with Gasteiger partial charge in [0, 0.05) is 19.5 Å². The average Bonchev–Trinajstić information content (AvgIpc) is 2.44. The Bertz CT molecular complexity index is 391. The fourth-order valence-corrected chi connectivity index (χ4v) is 1.24. The Balaban J connectivity index is 2.46. The Hall–Kier alpha value is -2.12. The second-order valence-corrected chi connectivity index (χ2v) is 3.66. The molecule has 0 atom stereocenters. The number of carbonyl (C=O) groups is 1. The normalized spacial score (nSPS) is 9.84. The lowest BCUT2D eigenvalue weighted by molar-refractivity contribution is -0.120. The Morgan fingerprint density at radius 2 is 1.74 bits per heavy atom. The van der Waals surface area contributed by atoms with E-state index in [9.17, 15) is 4.79 Å². The molecule has 0 bridgehead atoms. The minimum Gasteiger partial charge on any atom is -0.467 e. The highest BCUT2D eigenvalue weighted by atomic mass is 16.5. The second-order valence-electron chi connectivity index (χ2n) is 3.66. The quantitative estimate of drug-likeness (QED) is 0.696. The maximum absolute atomic E-state index is 11.4. The molecule has 1 aromatic heterocycles. The molecular formula is C11H19N5O3. The third-order valence-corrected chi connectivity index (χ3v) is 2.17. The van der Waals surface area contributed by atoms with Gasteiger partial charge in [0.2, 0.25) is 11.9 Å². The molecule has 0 aromatic carbocycles. The van der Waals surface area contributed by atoms with Crippen molar-refractivity contribution in [1.29, 1.82) is 0 Å². The molecular weight excluding hydrogens is 250 g/mol. The van der Waals surface area contributed by atoms with Crippen LogP contribution in [-0.4, -0.2) is 48.2 Å². The van der Waals surface area contributed by atoms with Crippen molar-refractivity contribution in [2.24, 2.45) is 0 Å². The number of aromatic nitrogens is 3. The smallest absolute Gasteiger partial charge is 0.324 e. The number of carbonyl (C=O) groups excluding carboxylic acids is 1. The molecule has 0 unspecified atom stereocenters. The largest absolute Gasteiger partial charge is 0.467 e. The zero-order chi connectivity index (χ0) is 14.1. The van der Waals surface area contributed by atoms with Crippen molar-refractivity contribution in [3.05, 3.63) is 0 Å². The number of methoxy groups -OCH3 is 2. The number of ether oxygens (including phenoxy) is 2. The van der Waals surface area contributed by atoms with E-state index in [0.717, 1.165) is 6.42 Å². The molecule has 0 saturated carbocycles. The maximum atomic E-state index is 11.4. The molecule has 0 radical (unpaired) electrons. The third kappa shape index (κ3) is 5.36. The van der Waals surface area contributed by atoms with Crippen molar-refractivity contribution in [2.75, 3.05) is 32.6 Å². The predicted octanol–water partition coefficient (Wildman–Crippen LogP) is 0.217. The zero-order valence-corrected chi connectivity index (χ0v) is 11.4. The Morgan fingerprint density at radius 3 is 2.26 bits per heavy atom. The lowest BCUT2D eigenvalue weighted by atomic mass is 10.4. The van der Waals surface area contributed by atoms with E-state index in [0.29, 0.717) is 25.5 Å². The molecule has 2 N–H and O–H groups in total. The predicted molar refractivity (Wildman–Crippen MR) is 69.3 cm³/mol. The van der Waals surface area contributed by atoms with E-state index in [1.807, 2.05) is 6.92 Å². The summed E-state index contributed by atoms with van der Waals surface area (Å²) >= 11 is 0. The van der Waals surface area contributed by atoms with Crippen LogP contribution in [0, 0.1) is 0 Å². The Kier molecular flexibility index (Phi) is 6.34. The molecule has 0 aliphatic carbocycles. The fourth-order valence-electron chi connectivity index (χ4n) is 1.24. The van der Waals surface area contributed by atoms with Crippen molar-refractivity contribution < 1.29 is 14.3 Å². The van der Waals surface area contributed by atoms with Gasteiger partial charge in [-0.1, -0.05) is 6.92 Å². The first-order chi connectivity index (χ1) is 9.19. The first kappa shape index (κ1) is 14.9. The monoisotopic (exact) mass is 269 g/mol. The number of nitrogens with zero attached hydrogens (tertiary/aromatic N) is 3. The number of hydrogen-bond donors (Lipinski definition) is 2. The first-order valence-electron chi connectivity index (χ1n) is 6.04. The molecule has 0 saturated heterocycles. The third-order valence-electron chi connectivity index (χ3n) is 2.17. The molecule has 8 nitrogen and oxygen atoms in total. The maximum Gasteiger partial charge on any atom is 0.324 e. The molecule has 1 heterocycles. The van der Waals surface area contributed by atoms with E-state index < -0.39 is 0 Å². The van der Waals surface area contributed by atoms with E-state index in [1.54, 1.807) is 0 Å². The highest BCUT2D eigenvalue weighted by molar-refractivity contribution is 5.76. The van der Waals surface area contributed by atoms with Crippen LogP contribution in [0.25, 0.3) is 0 Å². The van der Waals surface area contributed by atoms with Crippen molar-refractivity contribution in [3.63, 3.8) is 0 Å². The molecule has 1 aromatic rings. The Morgan fingerprint density at radius 1 is 1.11 bits per heavy atom. The van der Waals surface area contributed by atoms with Gasteiger partial charge in [-0.3, -0.25) is 4.79 Å². The summed E-state index contributed by atoms with van der Waals surface area (Å²) in [6, 6.07) is 0.314. The summed E-state index contributed by atoms with van der Waals surface area (Å²) in [4.78, 5) is 23.2. The molecule has 1 rings (SSSR count). The summed E-state index contributed by atoms with van der Waals surface area (Å²) in [5.41, 5.74) is 0. The van der Waals surface area contributed by atoms with Crippen molar-refractivity contribution >= 4 is 11.9 Å². The summed E-state index contributed by atoms with van der Waals surface area (Å²) in [6.07, 6.45) is 1.26. The number of hydrogen-bond acceptors (Lipinski definition) is 7. The first-order valence-corrected chi connectivity index (χ1v) is 6.04. The van der Waals surface area contributed by atoms with Crippen LogP contribution in [0.3, 0.4) is 0 Å². The van der Waals surface area contributed by atoms with Crippen LogP contribution in [0.4, 0.5) is 5.95 Å². The molecule has 19 heavy (non-hydrogen) atoms. The number of nitrogens with one attached hydrogen (secondary N) is 2. The van der Waals surface area contributed by atoms with Crippen molar-refractivity contribution in [2.45, 2.75) is 19.8 Å². The molecule has 106 valence electrons. The van der Waals surface area contributed by atoms with Crippen molar-refractivity contribution in [3.8, 4) is 12.0 Å². The highest BCUT2D eigenvalue weighted by Gasteiger charge is 2.07. The van der Waals surface area contributed by atoms with Gasteiger partial charge in [-0.2, -0.15) is 9.97 Å². The van der Waals surface area contributed by atoms with Gasteiger partial charge in [0.25, 0.3) is 0 Å². The van der Waals surface area contributed by atoms with Gasteiger partial charge in [-0.15, -0.1) is 4.98 Å². The van der Waals surface area contributed by atoms with Gasteiger partial charge < -0.3 is 20.1 Å². The molecule has 0 spiro atoms. The summed E-state index contributed by atoms with van der Waals surface area (Å²) in [6.45, 7) is 3.11. The lowest BCUT2D eigenvalue weighted by Crippen LogP contribution is -2.26. The van der Waals surface area contributed by atoms with Crippen LogP contribution in [0.5, 0.6) is 12.0 Å². The van der Waals surface area contributed by atoms with Crippen LogP contribution < -0.4 is 20.1 Å². The summed E-state index contributed by atoms with van der Waals surface area (Å²) in [7, 11) is 2.91. The van der Waals surface area contributed by atoms with Crippen LogP contribution in [0.1, 0.15) is 19.8 Å². The second kappa shape index (κ2) is 8.06. The summed E-state index contributed by atoms with van der Waals surface area (Å²) < 4.78 is 9.83. The lowest BCUT2D eigenvalue weighted by Gasteiger charge is -2.07. The fraction of sp³-hybridized carbons (Fsp3) is 0.636. The standard InChI is InChI=1S/C11H19N5O3/c1-4-6-12-8(17)5-7-13-9-14-10(18-2)16-11(15-9)19-3/h4-7H2,1-3H3,(H,12,17)(H,13,14,15,16). The Labute approximate surface area is 111 Å². The van der Waals surface area contributed by atoms with Gasteiger partial charge >= 0.3 is 12.0 Å². The topological polar surface area (TPSA) is 98.3 Å². The van der Waals surface area contributed by atoms with Gasteiger partial charge in [-0.05, 0) is 6.42 Å². The number of amides is 1. The van der Waals surface area contributed by atoms with E-state index in [-0.39, 0.29) is 17.9 Å². The van der Waals surface area contributed by atoms with E-state index in [4.69, 9.17) is 9.47 Å². The van der Waals surface area contributed by atoms with Gasteiger partial charge in [0.05, 0.1) is 14.2 Å². The number of anilines is 1. The van der Waals surface area contributed by atoms with Gasteiger partial charge in [0.1, 0.15) is 0 Å². The molecule has 0 aliphatic heterocycles. The minimum absolute atomic E-state index is 0.0117.